The van der Waals surface area contributed by atoms with E-state index in [-0.39, 0.29) is 4.90 Å². The van der Waals surface area contributed by atoms with E-state index in [0.29, 0.717) is 22.5 Å². The third-order valence-electron chi connectivity index (χ3n) is 3.04. The third-order valence-corrected chi connectivity index (χ3v) is 5.13. The third kappa shape index (κ3) is 1.98. The van der Waals surface area contributed by atoms with Gasteiger partial charge in [0.15, 0.2) is 0 Å². The Morgan fingerprint density at radius 3 is 1.53 bits per heavy atom. The van der Waals surface area contributed by atoms with Crippen molar-refractivity contribution in [2.45, 2.75) is 25.7 Å². The molecule has 0 fully saturated rings. The van der Waals surface area contributed by atoms with Gasteiger partial charge >= 0.3 is 0 Å². The predicted octanol–water partition coefficient (Wildman–Crippen LogP) is 1.03. The standard InChI is InChI=1S/C11H19N3O2S/c1-6-9(12)7(2)11(8(3)10(6)13)17(15,16)14(4)5/h12-13H2,1-5H3. The first kappa shape index (κ1) is 13.8. The average Bonchev–Trinajstić information content (AvgIpc) is 2.23. The summed E-state index contributed by atoms with van der Waals surface area (Å²) in [7, 11) is -0.554. The van der Waals surface area contributed by atoms with Crippen LogP contribution in [0, 0.1) is 20.8 Å². The molecule has 17 heavy (non-hydrogen) atoms. The summed E-state index contributed by atoms with van der Waals surface area (Å²) in [5.41, 5.74) is 14.5. The maximum Gasteiger partial charge on any atom is 0.243 e. The molecule has 0 amide bonds. The van der Waals surface area contributed by atoms with E-state index in [9.17, 15) is 8.42 Å². The van der Waals surface area contributed by atoms with Gasteiger partial charge in [-0.05, 0) is 37.5 Å². The molecule has 4 N–H and O–H groups in total. The van der Waals surface area contributed by atoms with E-state index >= 15 is 0 Å². The number of nitrogens with two attached hydrogens (primary N) is 2. The zero-order valence-electron chi connectivity index (χ0n) is 10.8. The van der Waals surface area contributed by atoms with Gasteiger partial charge in [-0.3, -0.25) is 0 Å². The van der Waals surface area contributed by atoms with Crippen molar-refractivity contribution in [3.8, 4) is 0 Å². The van der Waals surface area contributed by atoms with Crippen molar-refractivity contribution in [2.75, 3.05) is 25.6 Å². The van der Waals surface area contributed by atoms with Gasteiger partial charge in [0.1, 0.15) is 0 Å². The Labute approximate surface area is 102 Å². The quantitative estimate of drug-likeness (QED) is 0.774. The summed E-state index contributed by atoms with van der Waals surface area (Å²) < 4.78 is 25.6. The second-order valence-electron chi connectivity index (χ2n) is 4.32. The molecule has 0 aliphatic rings. The SMILES string of the molecule is Cc1c(N)c(C)c(S(=O)(=O)N(C)C)c(C)c1N. The van der Waals surface area contributed by atoms with Gasteiger partial charge in [-0.1, -0.05) is 0 Å². The van der Waals surface area contributed by atoms with Crippen LogP contribution in [0.1, 0.15) is 16.7 Å². The summed E-state index contributed by atoms with van der Waals surface area (Å²) in [5.74, 6) is 0. The highest BCUT2D eigenvalue weighted by atomic mass is 32.2. The van der Waals surface area contributed by atoms with Crippen molar-refractivity contribution < 1.29 is 8.42 Å². The Balaban J connectivity index is 3.80. The molecule has 0 aliphatic carbocycles. The minimum absolute atomic E-state index is 0.211. The van der Waals surface area contributed by atoms with Crippen LogP contribution in [0.5, 0.6) is 0 Å². The highest BCUT2D eigenvalue weighted by molar-refractivity contribution is 7.89. The fraction of sp³-hybridized carbons (Fsp3) is 0.455. The summed E-state index contributed by atoms with van der Waals surface area (Å²) in [6.45, 7) is 5.19. The molecular weight excluding hydrogens is 238 g/mol. The number of hydrogen-bond acceptors (Lipinski definition) is 4. The number of nitrogen functional groups attached to an aromatic ring is 2. The predicted molar refractivity (Wildman–Crippen MR) is 70.4 cm³/mol. The van der Waals surface area contributed by atoms with Crippen LogP contribution in [0.15, 0.2) is 4.90 Å². The largest absolute Gasteiger partial charge is 0.398 e. The van der Waals surface area contributed by atoms with Crippen molar-refractivity contribution in [3.63, 3.8) is 0 Å². The zero-order chi connectivity index (χ0) is 13.5. The van der Waals surface area contributed by atoms with E-state index in [1.807, 2.05) is 0 Å². The lowest BCUT2D eigenvalue weighted by atomic mass is 10.0. The fourth-order valence-corrected chi connectivity index (χ4v) is 3.16. The van der Waals surface area contributed by atoms with Gasteiger partial charge in [0.25, 0.3) is 0 Å². The first-order valence-electron chi connectivity index (χ1n) is 5.19. The lowest BCUT2D eigenvalue weighted by molar-refractivity contribution is 0.519. The summed E-state index contributed by atoms with van der Waals surface area (Å²) in [4.78, 5) is 0.211. The van der Waals surface area contributed by atoms with E-state index in [2.05, 4.69) is 0 Å². The summed E-state index contributed by atoms with van der Waals surface area (Å²) in [5, 5.41) is 0. The lowest BCUT2D eigenvalue weighted by Gasteiger charge is -2.20. The molecule has 0 spiro atoms. The molecule has 0 aromatic heterocycles. The van der Waals surface area contributed by atoms with Crippen LogP contribution in [0.3, 0.4) is 0 Å². The van der Waals surface area contributed by atoms with Gasteiger partial charge in [-0.2, -0.15) is 0 Å². The number of nitrogens with zero attached hydrogens (tertiary/aromatic N) is 1. The van der Waals surface area contributed by atoms with Crippen molar-refractivity contribution in [1.82, 2.24) is 4.31 Å². The first-order valence-corrected chi connectivity index (χ1v) is 6.63. The van der Waals surface area contributed by atoms with Crippen molar-refractivity contribution in [2.24, 2.45) is 0 Å². The average molecular weight is 257 g/mol. The van der Waals surface area contributed by atoms with Gasteiger partial charge < -0.3 is 11.5 Å². The molecular formula is C11H19N3O2S. The summed E-state index contributed by atoms with van der Waals surface area (Å²) >= 11 is 0. The molecule has 0 saturated carbocycles. The Morgan fingerprint density at radius 1 is 0.882 bits per heavy atom. The molecule has 0 radical (unpaired) electrons. The highest BCUT2D eigenvalue weighted by Crippen LogP contribution is 2.34. The molecule has 6 heteroatoms. The normalized spacial score (nSPS) is 12.1. The van der Waals surface area contributed by atoms with Crippen molar-refractivity contribution >= 4 is 21.4 Å². The summed E-state index contributed by atoms with van der Waals surface area (Å²) in [6.07, 6.45) is 0. The molecule has 0 saturated heterocycles. The van der Waals surface area contributed by atoms with Gasteiger partial charge in [-0.15, -0.1) is 0 Å². The molecule has 0 bridgehead atoms. The Hall–Kier alpha value is -1.27. The minimum Gasteiger partial charge on any atom is -0.398 e. The van der Waals surface area contributed by atoms with Crippen molar-refractivity contribution in [3.05, 3.63) is 16.7 Å². The van der Waals surface area contributed by atoms with E-state index in [1.54, 1.807) is 20.8 Å². The van der Waals surface area contributed by atoms with E-state index in [1.165, 1.54) is 14.1 Å². The molecule has 0 aliphatic heterocycles. The number of anilines is 2. The Bertz CT molecular complexity index is 534. The topological polar surface area (TPSA) is 89.4 Å². The minimum atomic E-state index is -3.53. The number of rotatable bonds is 2. The van der Waals surface area contributed by atoms with Crippen LogP contribution in [0.2, 0.25) is 0 Å². The molecule has 0 heterocycles. The van der Waals surface area contributed by atoms with Crippen LogP contribution in [-0.4, -0.2) is 26.8 Å². The zero-order valence-corrected chi connectivity index (χ0v) is 11.6. The first-order chi connectivity index (χ1) is 7.62. The maximum absolute atomic E-state index is 12.2. The van der Waals surface area contributed by atoms with Gasteiger partial charge in [0.2, 0.25) is 10.0 Å². The lowest BCUT2D eigenvalue weighted by Crippen LogP contribution is -2.25. The van der Waals surface area contributed by atoms with E-state index in [0.717, 1.165) is 9.87 Å². The van der Waals surface area contributed by atoms with Gasteiger partial charge in [0, 0.05) is 25.5 Å². The molecule has 1 rings (SSSR count). The van der Waals surface area contributed by atoms with E-state index < -0.39 is 10.0 Å². The van der Waals surface area contributed by atoms with E-state index in [4.69, 9.17) is 11.5 Å². The fourth-order valence-electron chi connectivity index (χ4n) is 1.80. The molecule has 1 aromatic carbocycles. The highest BCUT2D eigenvalue weighted by Gasteiger charge is 2.26. The number of benzene rings is 1. The van der Waals surface area contributed by atoms with Crippen LogP contribution < -0.4 is 11.5 Å². The Morgan fingerprint density at radius 2 is 1.24 bits per heavy atom. The second kappa shape index (κ2) is 4.19. The molecule has 1 aromatic rings. The van der Waals surface area contributed by atoms with Crippen LogP contribution in [0.4, 0.5) is 11.4 Å². The monoisotopic (exact) mass is 257 g/mol. The Kier molecular flexibility index (Phi) is 3.40. The number of sulfonamides is 1. The van der Waals surface area contributed by atoms with Crippen molar-refractivity contribution in [1.29, 1.82) is 0 Å². The smallest absolute Gasteiger partial charge is 0.243 e. The second-order valence-corrected chi connectivity index (χ2v) is 6.41. The molecule has 5 nitrogen and oxygen atoms in total. The number of hydrogen-bond donors (Lipinski definition) is 2. The van der Waals surface area contributed by atoms with Crippen LogP contribution in [0.25, 0.3) is 0 Å². The van der Waals surface area contributed by atoms with Crippen LogP contribution >= 0.6 is 0 Å². The molecule has 0 unspecified atom stereocenters. The van der Waals surface area contributed by atoms with Gasteiger partial charge in [-0.25, -0.2) is 12.7 Å². The summed E-state index contributed by atoms with van der Waals surface area (Å²) in [6, 6.07) is 0. The maximum atomic E-state index is 12.2. The molecule has 0 atom stereocenters. The molecule has 96 valence electrons. The van der Waals surface area contributed by atoms with Gasteiger partial charge in [0.05, 0.1) is 4.90 Å². The van der Waals surface area contributed by atoms with Crippen LogP contribution in [-0.2, 0) is 10.0 Å².